The topological polar surface area (TPSA) is 172 Å². The molecule has 0 spiro atoms. The molecule has 0 aliphatic heterocycles. The molecule has 0 unspecified atom stereocenters. The minimum atomic E-state index is -6.09. The lowest BCUT2D eigenvalue weighted by molar-refractivity contribution is -0.535. The van der Waals surface area contributed by atoms with E-state index in [1.807, 2.05) is 18.2 Å². The third-order valence-electron chi connectivity index (χ3n) is 5.03. The first-order valence-corrected chi connectivity index (χ1v) is 24.6. The van der Waals surface area contributed by atoms with Crippen molar-refractivity contribution in [2.45, 2.75) is 16.5 Å². The van der Waals surface area contributed by atoms with E-state index in [-0.39, 0.29) is 63.6 Å². The van der Waals surface area contributed by atoms with Crippen molar-refractivity contribution in [3.8, 4) is 29.5 Å². The molecule has 4 rings (SSSR count). The normalized spacial score (nSPS) is 11.4. The molecule has 4 aromatic carbocycles. The third kappa shape index (κ3) is 22.5. The van der Waals surface area contributed by atoms with Gasteiger partial charge in [0.15, 0.2) is 42.1 Å². The Morgan fingerprint density at radius 2 is 0.561 bits per heavy atom. The van der Waals surface area contributed by atoms with Crippen LogP contribution >= 0.6 is 0 Å². The minimum Gasteiger partial charge on any atom is -0.741 e. The molecule has 0 bridgehead atoms. The van der Waals surface area contributed by atoms with Gasteiger partial charge in [0.2, 0.25) is 10.7 Å². The van der Waals surface area contributed by atoms with Crippen LogP contribution in [-0.4, -0.2) is 55.4 Å². The third-order valence-corrected chi connectivity index (χ3v) is 12.4. The lowest BCUT2D eigenvalue weighted by Gasteiger charge is -2.08. The molecule has 4 aromatic rings. The fourth-order valence-electron chi connectivity index (χ4n) is 2.68. The van der Waals surface area contributed by atoms with E-state index in [2.05, 4.69) is 121 Å². The molecule has 0 radical (unpaired) electrons. The highest BCUT2D eigenvalue weighted by atomic mass is 127. The summed E-state index contributed by atoms with van der Waals surface area (Å²) in [5.74, 6) is 10.1. The number of hydrogen-bond donors (Lipinski definition) is 0. The highest BCUT2D eigenvalue weighted by molar-refractivity contribution is 7.87. The number of hydrogen-bond acceptors (Lipinski definition) is 9. The summed E-state index contributed by atoms with van der Waals surface area (Å²) in [6.07, 6.45) is 0. The number of halogens is 12. The van der Waals surface area contributed by atoms with E-state index in [1.54, 1.807) is 0 Å². The van der Waals surface area contributed by atoms with Crippen LogP contribution in [0, 0.1) is 40.3 Å². The van der Waals surface area contributed by atoms with Crippen LogP contribution in [0.15, 0.2) is 109 Å². The van der Waals surface area contributed by atoms with Gasteiger partial charge in [0.25, 0.3) is 0 Å². The summed E-state index contributed by atoms with van der Waals surface area (Å²) in [7, 11) is -18.3. The molecule has 306 valence electrons. The van der Waals surface area contributed by atoms with Gasteiger partial charge in [0.1, 0.15) is 0 Å². The molecule has 9 nitrogen and oxygen atoms in total. The Kier molecular flexibility index (Phi) is 21.3. The van der Waals surface area contributed by atoms with Gasteiger partial charge in [-0.1, -0.05) is 54.6 Å². The van der Waals surface area contributed by atoms with Crippen LogP contribution < -0.4 is 63.6 Å². The molecule has 0 fully saturated rings. The van der Waals surface area contributed by atoms with Crippen LogP contribution in [0.5, 0.6) is 0 Å². The zero-order chi connectivity index (χ0) is 43.6. The zero-order valence-electron chi connectivity index (χ0n) is 27.3. The highest BCUT2D eigenvalue weighted by Gasteiger charge is 2.38. The monoisotopic (exact) mass is 1210 g/mol. The summed E-state index contributed by atoms with van der Waals surface area (Å²) in [5.41, 5.74) is -13.9. The van der Waals surface area contributed by atoms with Crippen LogP contribution in [0.4, 0.5) is 39.5 Å². The van der Waals surface area contributed by atoms with Crippen molar-refractivity contribution in [2.24, 2.45) is 0 Å². The Balaban J connectivity index is 0.000000550. The molecule has 0 atom stereocenters. The van der Waals surface area contributed by atoms with E-state index in [1.165, 1.54) is 10.7 Å². The minimum absolute atomic E-state index is 0.326. The van der Waals surface area contributed by atoms with Gasteiger partial charge in [-0.25, -0.2) is 25.3 Å². The molecule has 0 N–H and O–H groups in total. The van der Waals surface area contributed by atoms with Gasteiger partial charge < -0.3 is 13.7 Å². The Morgan fingerprint density at radius 1 is 0.386 bits per heavy atom. The van der Waals surface area contributed by atoms with Gasteiger partial charge in [-0.15, -0.1) is 0 Å². The van der Waals surface area contributed by atoms with Gasteiger partial charge in [0.05, 0.1) is 0 Å². The summed E-state index contributed by atoms with van der Waals surface area (Å²) >= 11 is -0.978. The van der Waals surface area contributed by atoms with E-state index < -0.39 is 46.9 Å². The van der Waals surface area contributed by atoms with E-state index in [9.17, 15) is 39.5 Å². The summed E-state index contributed by atoms with van der Waals surface area (Å²) in [5, 5.41) is 0. The fraction of sp³-hybridized carbons (Fsp3) is 0.0909. The van der Waals surface area contributed by atoms with Crippen molar-refractivity contribution in [1.29, 1.82) is 0 Å². The van der Waals surface area contributed by atoms with Crippen LogP contribution in [0.25, 0.3) is 0 Å². The van der Waals surface area contributed by atoms with E-state index in [0.29, 0.717) is 0 Å². The van der Waals surface area contributed by atoms with Gasteiger partial charge in [-0.05, 0) is 72.4 Å². The van der Waals surface area contributed by atoms with Crippen LogP contribution in [-0.2, 0) is 30.4 Å². The predicted molar refractivity (Wildman–Crippen MR) is 170 cm³/mol. The van der Waals surface area contributed by atoms with Gasteiger partial charge in [0, 0.05) is 16.7 Å². The van der Waals surface area contributed by atoms with Crippen LogP contribution in [0.3, 0.4) is 0 Å². The number of alkyl halides is 9. The molecule has 0 amide bonds. The maximum atomic E-state index is 10.7. The molecule has 0 aliphatic rings. The largest absolute Gasteiger partial charge is 0.741 e. The van der Waals surface area contributed by atoms with E-state index in [0.717, 1.165) is 16.7 Å². The Bertz CT molecular complexity index is 2150. The first kappa shape index (κ1) is 51.9. The second kappa shape index (κ2) is 23.4. The second-order valence-electron chi connectivity index (χ2n) is 9.33. The second-order valence-corrected chi connectivity index (χ2v) is 20.4. The van der Waals surface area contributed by atoms with E-state index in [4.69, 9.17) is 38.9 Å². The smallest absolute Gasteiger partial charge is 0.485 e. The quantitative estimate of drug-likeness (QED) is 0.0669. The standard InChI is InChI=1S/C30H18I3.3CHF3O3S/c1-4-10-28(11-5-1)31-19-16-25-22-26(17-20-32-29-12-6-2-7-13-29)24-27(23-25)18-21-33-30-14-8-3-9-15-30;3*2-1(3,4)8(5,6)7/h1-15,22-24H;3*(H,5,6,7)/q+3;;;/p-3. The lowest BCUT2D eigenvalue weighted by Crippen LogP contribution is -3.59. The SMILES string of the molecule is C(#Cc1cc(C#C[I+]c2ccccc2)cc(C#C[I+]c2ccccc2)c1)[I+]c1ccccc1.O=S(=O)([O-])C(F)(F)F.O=S(=O)([O-])C(F)(F)F.O=S(=O)([O-])C(F)(F)F. The average molecular weight is 1210 g/mol. The van der Waals surface area contributed by atoms with Crippen molar-refractivity contribution in [3.05, 3.63) is 137 Å². The molecule has 0 aliphatic carbocycles. The predicted octanol–water partition coefficient (Wildman–Crippen LogP) is -3.36. The van der Waals surface area contributed by atoms with Gasteiger partial charge in [-0.3, -0.25) is 0 Å². The molecule has 24 heteroatoms. The Morgan fingerprint density at radius 3 is 0.719 bits per heavy atom. The fourth-order valence-corrected chi connectivity index (χ4v) is 7.27. The van der Waals surface area contributed by atoms with Gasteiger partial charge in [-0.2, -0.15) is 39.5 Å². The number of benzene rings is 4. The highest BCUT2D eigenvalue weighted by Crippen LogP contribution is 2.21. The summed E-state index contributed by atoms with van der Waals surface area (Å²) in [4.78, 5) is 0. The van der Waals surface area contributed by atoms with Crippen molar-refractivity contribution < 1.29 is 142 Å². The maximum absolute atomic E-state index is 10.7. The summed E-state index contributed by atoms with van der Waals surface area (Å²) in [6, 6.07) is 37.8. The van der Waals surface area contributed by atoms with Crippen LogP contribution in [0.2, 0.25) is 0 Å². The molecule has 0 saturated heterocycles. The molecule has 0 aromatic heterocycles. The Hall–Kier alpha value is -3.15. The first-order valence-electron chi connectivity index (χ1n) is 13.9. The molecule has 57 heavy (non-hydrogen) atoms. The van der Waals surface area contributed by atoms with E-state index >= 15 is 0 Å². The first-order chi connectivity index (χ1) is 26.1. The maximum Gasteiger partial charge on any atom is 0.485 e. The zero-order valence-corrected chi connectivity index (χ0v) is 36.2. The van der Waals surface area contributed by atoms with Crippen LogP contribution in [0.1, 0.15) is 16.7 Å². The average Bonchev–Trinajstić information content (AvgIpc) is 3.08. The lowest BCUT2D eigenvalue weighted by atomic mass is 10.1. The number of rotatable bonds is 3. The van der Waals surface area contributed by atoms with Crippen molar-refractivity contribution >= 4 is 30.4 Å². The summed E-state index contributed by atoms with van der Waals surface area (Å²) in [6.45, 7) is 0. The molecule has 0 heterocycles. The molecular formula is C33H18F9I3O9S3. The Labute approximate surface area is 351 Å². The van der Waals surface area contributed by atoms with Crippen molar-refractivity contribution in [3.63, 3.8) is 0 Å². The van der Waals surface area contributed by atoms with Crippen molar-refractivity contribution in [1.82, 2.24) is 0 Å². The van der Waals surface area contributed by atoms with Crippen molar-refractivity contribution in [2.75, 3.05) is 0 Å². The molecular weight excluding hydrogens is 1190 g/mol. The molecule has 0 saturated carbocycles. The van der Waals surface area contributed by atoms with Gasteiger partial charge >= 0.3 is 80.1 Å². The summed E-state index contributed by atoms with van der Waals surface area (Å²) < 4.78 is 191.